The van der Waals surface area contributed by atoms with Crippen molar-refractivity contribution in [3.63, 3.8) is 0 Å². The van der Waals surface area contributed by atoms with Crippen LogP contribution in [-0.2, 0) is 13.1 Å². The Morgan fingerprint density at radius 1 is 1.30 bits per heavy atom. The van der Waals surface area contributed by atoms with E-state index in [0.29, 0.717) is 18.0 Å². The SMILES string of the molecule is CCCn1nc(C)c(NC(=O)N(C)Cc2cc(-c3ccncc3)no2)c1C. The van der Waals surface area contributed by atoms with Crippen molar-refractivity contribution in [1.82, 2.24) is 24.8 Å². The maximum absolute atomic E-state index is 12.6. The van der Waals surface area contributed by atoms with E-state index in [1.165, 1.54) is 0 Å². The first kappa shape index (κ1) is 18.6. The van der Waals surface area contributed by atoms with E-state index in [2.05, 4.69) is 27.5 Å². The van der Waals surface area contributed by atoms with Crippen LogP contribution in [0.5, 0.6) is 0 Å². The summed E-state index contributed by atoms with van der Waals surface area (Å²) in [6.07, 6.45) is 4.39. The molecule has 0 aliphatic heterocycles. The highest BCUT2D eigenvalue weighted by Crippen LogP contribution is 2.21. The zero-order chi connectivity index (χ0) is 19.4. The van der Waals surface area contributed by atoms with Crippen molar-refractivity contribution in [2.45, 2.75) is 40.3 Å². The van der Waals surface area contributed by atoms with Crippen LogP contribution in [0.2, 0.25) is 0 Å². The lowest BCUT2D eigenvalue weighted by atomic mass is 10.2. The molecule has 0 saturated carbocycles. The predicted octanol–water partition coefficient (Wildman–Crippen LogP) is 3.62. The molecule has 0 spiro atoms. The summed E-state index contributed by atoms with van der Waals surface area (Å²) >= 11 is 0. The molecule has 8 nitrogen and oxygen atoms in total. The number of rotatable bonds is 6. The van der Waals surface area contributed by atoms with Crippen molar-refractivity contribution in [2.75, 3.05) is 12.4 Å². The van der Waals surface area contributed by atoms with Crippen LogP contribution in [0.1, 0.15) is 30.5 Å². The van der Waals surface area contributed by atoms with E-state index >= 15 is 0 Å². The van der Waals surface area contributed by atoms with Crippen molar-refractivity contribution in [3.05, 3.63) is 47.7 Å². The molecule has 3 aromatic heterocycles. The average molecular weight is 368 g/mol. The maximum atomic E-state index is 12.6. The normalized spacial score (nSPS) is 10.8. The van der Waals surface area contributed by atoms with E-state index in [1.54, 1.807) is 24.3 Å². The number of hydrogen-bond donors (Lipinski definition) is 1. The first-order valence-corrected chi connectivity index (χ1v) is 8.91. The van der Waals surface area contributed by atoms with Gasteiger partial charge in [-0.15, -0.1) is 0 Å². The van der Waals surface area contributed by atoms with E-state index in [0.717, 1.165) is 35.6 Å². The molecular formula is C19H24N6O2. The lowest BCUT2D eigenvalue weighted by molar-refractivity contribution is 0.214. The fraction of sp³-hybridized carbons (Fsp3) is 0.368. The molecule has 0 aliphatic carbocycles. The number of aromatic nitrogens is 4. The Balaban J connectivity index is 1.66. The second kappa shape index (κ2) is 8.03. The van der Waals surface area contributed by atoms with E-state index < -0.39 is 0 Å². The number of pyridine rings is 1. The van der Waals surface area contributed by atoms with Gasteiger partial charge in [-0.3, -0.25) is 9.67 Å². The molecule has 0 atom stereocenters. The van der Waals surface area contributed by atoms with E-state index in [9.17, 15) is 4.79 Å². The largest absolute Gasteiger partial charge is 0.359 e. The molecule has 0 bridgehead atoms. The summed E-state index contributed by atoms with van der Waals surface area (Å²) in [6, 6.07) is 5.32. The van der Waals surface area contributed by atoms with Crippen LogP contribution in [0, 0.1) is 13.8 Å². The highest BCUT2D eigenvalue weighted by atomic mass is 16.5. The predicted molar refractivity (Wildman–Crippen MR) is 102 cm³/mol. The monoisotopic (exact) mass is 368 g/mol. The van der Waals surface area contributed by atoms with E-state index in [-0.39, 0.29) is 6.03 Å². The molecule has 0 radical (unpaired) electrons. The van der Waals surface area contributed by atoms with Gasteiger partial charge in [0.2, 0.25) is 0 Å². The third-order valence-corrected chi connectivity index (χ3v) is 4.32. The molecule has 0 fully saturated rings. The number of nitrogens with one attached hydrogen (secondary N) is 1. The van der Waals surface area contributed by atoms with Gasteiger partial charge in [0.05, 0.1) is 23.6 Å². The van der Waals surface area contributed by atoms with Gasteiger partial charge in [-0.05, 0) is 32.4 Å². The zero-order valence-electron chi connectivity index (χ0n) is 16.1. The Morgan fingerprint density at radius 3 is 2.74 bits per heavy atom. The molecule has 3 rings (SSSR count). The van der Waals surface area contributed by atoms with Gasteiger partial charge in [0.15, 0.2) is 5.76 Å². The number of anilines is 1. The summed E-state index contributed by atoms with van der Waals surface area (Å²) in [5.74, 6) is 0.606. The van der Waals surface area contributed by atoms with Crippen molar-refractivity contribution in [3.8, 4) is 11.3 Å². The number of aryl methyl sites for hydroxylation is 2. The highest BCUT2D eigenvalue weighted by molar-refractivity contribution is 5.90. The maximum Gasteiger partial charge on any atom is 0.322 e. The van der Waals surface area contributed by atoms with Crippen LogP contribution in [0.25, 0.3) is 11.3 Å². The van der Waals surface area contributed by atoms with E-state index in [1.807, 2.05) is 36.7 Å². The minimum absolute atomic E-state index is 0.223. The fourth-order valence-electron chi connectivity index (χ4n) is 2.86. The Kier molecular flexibility index (Phi) is 5.54. The molecule has 0 unspecified atom stereocenters. The van der Waals surface area contributed by atoms with Gasteiger partial charge in [-0.2, -0.15) is 5.10 Å². The third kappa shape index (κ3) is 4.16. The Morgan fingerprint density at radius 2 is 2.04 bits per heavy atom. The molecule has 3 heterocycles. The second-order valence-corrected chi connectivity index (χ2v) is 6.47. The van der Waals surface area contributed by atoms with Crippen molar-refractivity contribution in [1.29, 1.82) is 0 Å². The number of nitrogens with zero attached hydrogens (tertiary/aromatic N) is 5. The topological polar surface area (TPSA) is 89.1 Å². The lowest BCUT2D eigenvalue weighted by Crippen LogP contribution is -2.31. The molecule has 0 aromatic carbocycles. The summed E-state index contributed by atoms with van der Waals surface area (Å²) in [7, 11) is 1.71. The zero-order valence-corrected chi connectivity index (χ0v) is 16.1. The van der Waals surface area contributed by atoms with Crippen LogP contribution in [0.3, 0.4) is 0 Å². The summed E-state index contributed by atoms with van der Waals surface area (Å²) < 4.78 is 7.28. The summed E-state index contributed by atoms with van der Waals surface area (Å²) in [5.41, 5.74) is 4.16. The summed E-state index contributed by atoms with van der Waals surface area (Å²) in [4.78, 5) is 18.1. The first-order valence-electron chi connectivity index (χ1n) is 8.91. The molecule has 2 amide bonds. The molecule has 8 heteroatoms. The van der Waals surface area contributed by atoms with Crippen LogP contribution in [0.4, 0.5) is 10.5 Å². The first-order chi connectivity index (χ1) is 13.0. The summed E-state index contributed by atoms with van der Waals surface area (Å²) in [6.45, 7) is 7.09. The van der Waals surface area contributed by atoms with Gasteiger partial charge in [0.1, 0.15) is 5.69 Å². The average Bonchev–Trinajstić information content (AvgIpc) is 3.23. The number of hydrogen-bond acceptors (Lipinski definition) is 5. The van der Waals surface area contributed by atoms with Gasteiger partial charge in [-0.25, -0.2) is 4.79 Å². The van der Waals surface area contributed by atoms with Crippen LogP contribution in [-0.4, -0.2) is 37.9 Å². The summed E-state index contributed by atoms with van der Waals surface area (Å²) in [5, 5.41) is 11.5. The fourth-order valence-corrected chi connectivity index (χ4v) is 2.86. The minimum atomic E-state index is -0.223. The Bertz CT molecular complexity index is 916. The van der Waals surface area contributed by atoms with Crippen LogP contribution >= 0.6 is 0 Å². The molecule has 1 N–H and O–H groups in total. The number of urea groups is 1. The number of amides is 2. The number of carbonyl (C=O) groups is 1. The molecular weight excluding hydrogens is 344 g/mol. The lowest BCUT2D eigenvalue weighted by Gasteiger charge is -2.16. The van der Waals surface area contributed by atoms with Crippen molar-refractivity contribution in [2.24, 2.45) is 0 Å². The number of carbonyl (C=O) groups excluding carboxylic acids is 1. The van der Waals surface area contributed by atoms with E-state index in [4.69, 9.17) is 4.52 Å². The smallest absolute Gasteiger partial charge is 0.322 e. The van der Waals surface area contributed by atoms with Gasteiger partial charge in [0, 0.05) is 37.6 Å². The Hall–Kier alpha value is -3.16. The van der Waals surface area contributed by atoms with Gasteiger partial charge >= 0.3 is 6.03 Å². The minimum Gasteiger partial charge on any atom is -0.359 e. The quantitative estimate of drug-likeness (QED) is 0.718. The van der Waals surface area contributed by atoms with Gasteiger partial charge < -0.3 is 14.7 Å². The van der Waals surface area contributed by atoms with Crippen LogP contribution < -0.4 is 5.32 Å². The molecule has 0 saturated heterocycles. The van der Waals surface area contributed by atoms with Gasteiger partial charge in [-0.1, -0.05) is 12.1 Å². The second-order valence-electron chi connectivity index (χ2n) is 6.47. The molecule has 0 aliphatic rings. The Labute approximate surface area is 158 Å². The third-order valence-electron chi connectivity index (χ3n) is 4.32. The molecule has 142 valence electrons. The van der Waals surface area contributed by atoms with Crippen molar-refractivity contribution >= 4 is 11.7 Å². The molecule has 27 heavy (non-hydrogen) atoms. The van der Waals surface area contributed by atoms with Gasteiger partial charge in [0.25, 0.3) is 0 Å². The highest BCUT2D eigenvalue weighted by Gasteiger charge is 2.18. The van der Waals surface area contributed by atoms with Crippen LogP contribution in [0.15, 0.2) is 35.1 Å². The standard InChI is InChI=1S/C19H24N6O2/c1-5-10-25-14(3)18(13(2)22-25)21-19(26)24(4)12-16-11-17(23-27-16)15-6-8-20-9-7-15/h6-9,11H,5,10,12H2,1-4H3,(H,21,26). The van der Waals surface area contributed by atoms with Crippen molar-refractivity contribution < 1.29 is 9.32 Å². The molecule has 3 aromatic rings.